The lowest BCUT2D eigenvalue weighted by Gasteiger charge is -2.23. The number of pyridine rings is 2. The number of carbonyl (C=O) groups excluding carboxylic acids is 1. The zero-order valence-electron chi connectivity index (χ0n) is 19.5. The molecule has 0 aromatic carbocycles. The number of anilines is 1. The topological polar surface area (TPSA) is 128 Å². The molecule has 2 fully saturated rings. The number of hydrogen-bond donors (Lipinski definition) is 2. The molecule has 1 aliphatic carbocycles. The first-order valence-electron chi connectivity index (χ1n) is 11.8. The number of carbonyl (C=O) groups is 1. The maximum absolute atomic E-state index is 13.3. The van der Waals surface area contributed by atoms with Gasteiger partial charge in [-0.05, 0) is 43.5 Å². The summed E-state index contributed by atoms with van der Waals surface area (Å²) in [6, 6.07) is 6.39. The number of nitrogens with one attached hydrogen (secondary N) is 2. The number of nitrogens with zero attached hydrogens (tertiary/aromatic N) is 4. The van der Waals surface area contributed by atoms with Crippen molar-refractivity contribution in [1.29, 1.82) is 0 Å². The summed E-state index contributed by atoms with van der Waals surface area (Å²) >= 11 is 7.42. The van der Waals surface area contributed by atoms with Gasteiger partial charge in [-0.3, -0.25) is 14.5 Å². The molecule has 6 rings (SSSR count). The summed E-state index contributed by atoms with van der Waals surface area (Å²) in [5, 5.41) is 7.96. The molecule has 2 N–H and O–H groups in total. The van der Waals surface area contributed by atoms with Crippen LogP contribution in [0.2, 0.25) is 5.02 Å². The van der Waals surface area contributed by atoms with Gasteiger partial charge in [-0.2, -0.15) is 5.10 Å². The summed E-state index contributed by atoms with van der Waals surface area (Å²) in [7, 11) is -3.42. The lowest BCUT2D eigenvalue weighted by molar-refractivity contribution is 0.0914. The van der Waals surface area contributed by atoms with Gasteiger partial charge in [-0.25, -0.2) is 17.9 Å². The number of halogens is 1. The van der Waals surface area contributed by atoms with Crippen LogP contribution in [0.3, 0.4) is 0 Å². The highest BCUT2D eigenvalue weighted by Crippen LogP contribution is 2.34. The molecule has 1 saturated heterocycles. The van der Waals surface area contributed by atoms with Crippen molar-refractivity contribution >= 4 is 50.1 Å². The lowest BCUT2D eigenvalue weighted by atomic mass is 9.95. The highest BCUT2D eigenvalue weighted by Gasteiger charge is 2.36. The Morgan fingerprint density at radius 3 is 2.84 bits per heavy atom. The van der Waals surface area contributed by atoms with E-state index in [1.165, 1.54) is 11.3 Å². The van der Waals surface area contributed by atoms with Gasteiger partial charge in [-0.1, -0.05) is 11.6 Å². The minimum atomic E-state index is -3.42. The number of thiazole rings is 1. The quantitative estimate of drug-likeness (QED) is 0.335. The van der Waals surface area contributed by atoms with Gasteiger partial charge in [-0.15, -0.1) is 11.3 Å². The van der Waals surface area contributed by atoms with Gasteiger partial charge < -0.3 is 10.1 Å². The zero-order valence-corrected chi connectivity index (χ0v) is 21.9. The average Bonchev–Trinajstić information content (AvgIpc) is 3.25. The molecule has 13 heteroatoms. The van der Waals surface area contributed by atoms with Crippen molar-refractivity contribution in [2.45, 2.75) is 30.6 Å². The van der Waals surface area contributed by atoms with Crippen molar-refractivity contribution in [1.82, 2.24) is 24.9 Å². The van der Waals surface area contributed by atoms with E-state index in [1.807, 2.05) is 6.07 Å². The first-order valence-corrected chi connectivity index (χ1v) is 14.6. The monoisotopic (exact) mass is 558 g/mol. The molecule has 0 radical (unpaired) electrons. The SMILES string of the molecule is O=C(N[C@H](c1cc(NS(=O)(=O)C2CC2)ccn1)[C@@H]1CCOC1)c1ncc(-c2cnn3ccc(Cl)cc23)s1. The normalized spacial score (nSPS) is 18.7. The summed E-state index contributed by atoms with van der Waals surface area (Å²) in [4.78, 5) is 22.9. The van der Waals surface area contributed by atoms with E-state index in [4.69, 9.17) is 16.3 Å². The Morgan fingerprint density at radius 2 is 2.05 bits per heavy atom. The predicted octanol–water partition coefficient (Wildman–Crippen LogP) is 3.92. The fourth-order valence-corrected chi connectivity index (χ4v) is 6.78. The molecule has 5 heterocycles. The number of hydrogen-bond acceptors (Lipinski definition) is 8. The summed E-state index contributed by atoms with van der Waals surface area (Å²) in [5.74, 6) is -0.346. The third kappa shape index (κ3) is 5.06. The second kappa shape index (κ2) is 9.67. The lowest BCUT2D eigenvalue weighted by Crippen LogP contribution is -2.34. The molecule has 4 aromatic heterocycles. The Balaban J connectivity index is 1.25. The number of aromatic nitrogens is 4. The first-order chi connectivity index (χ1) is 17.9. The Morgan fingerprint density at radius 1 is 1.19 bits per heavy atom. The van der Waals surface area contributed by atoms with Gasteiger partial charge in [0.1, 0.15) is 0 Å². The zero-order chi connectivity index (χ0) is 25.6. The molecular weight excluding hydrogens is 536 g/mol. The molecule has 1 amide bonds. The minimum absolute atomic E-state index is 0.00655. The molecular formula is C24H23ClN6O4S2. The minimum Gasteiger partial charge on any atom is -0.381 e. The largest absolute Gasteiger partial charge is 0.381 e. The van der Waals surface area contributed by atoms with E-state index in [0.29, 0.717) is 47.5 Å². The number of ether oxygens (including phenoxy) is 1. The van der Waals surface area contributed by atoms with Crippen LogP contribution < -0.4 is 10.0 Å². The van der Waals surface area contributed by atoms with Crippen LogP contribution in [-0.2, 0) is 14.8 Å². The summed E-state index contributed by atoms with van der Waals surface area (Å²) in [6.07, 6.45) is 8.78. The first kappa shape index (κ1) is 24.3. The number of sulfonamides is 1. The molecule has 2 atom stereocenters. The summed E-state index contributed by atoms with van der Waals surface area (Å²) < 4.78 is 34.8. The van der Waals surface area contributed by atoms with E-state index in [-0.39, 0.29) is 17.1 Å². The molecule has 2 aliphatic rings. The molecule has 1 aliphatic heterocycles. The fourth-order valence-electron chi connectivity index (χ4n) is 4.41. The van der Waals surface area contributed by atoms with Crippen LogP contribution >= 0.6 is 22.9 Å². The van der Waals surface area contributed by atoms with Crippen molar-refractivity contribution in [3.63, 3.8) is 0 Å². The van der Waals surface area contributed by atoms with Crippen molar-refractivity contribution in [3.05, 3.63) is 64.8 Å². The van der Waals surface area contributed by atoms with E-state index in [0.717, 1.165) is 22.4 Å². The fraction of sp³-hybridized carbons (Fsp3) is 0.333. The summed E-state index contributed by atoms with van der Waals surface area (Å²) in [6.45, 7) is 1.06. The highest BCUT2D eigenvalue weighted by molar-refractivity contribution is 7.93. The summed E-state index contributed by atoms with van der Waals surface area (Å²) in [5.41, 5.74) is 2.64. The van der Waals surface area contributed by atoms with E-state index >= 15 is 0 Å². The van der Waals surface area contributed by atoms with Crippen LogP contribution in [0.5, 0.6) is 0 Å². The highest BCUT2D eigenvalue weighted by atomic mass is 35.5. The number of fused-ring (bicyclic) bond motifs is 1. The van der Waals surface area contributed by atoms with Crippen molar-refractivity contribution in [2.24, 2.45) is 5.92 Å². The van der Waals surface area contributed by atoms with Crippen molar-refractivity contribution < 1.29 is 17.9 Å². The standard InChI is InChI=1S/C24H23ClN6O4S2/c25-15-4-7-31-20(9-15)18(11-28-31)21-12-27-24(36-21)23(32)29-22(14-5-8-35-13-14)19-10-16(3-6-26-19)30-37(33,34)17-1-2-17/h3-4,6-7,9-12,14,17,22H,1-2,5,8,13H2,(H,26,30)(H,29,32)/t14-,22+/m1/s1. The van der Waals surface area contributed by atoms with E-state index in [1.54, 1.807) is 47.5 Å². The Hall–Kier alpha value is -3.06. The molecule has 192 valence electrons. The van der Waals surface area contributed by atoms with Crippen LogP contribution in [0.25, 0.3) is 16.0 Å². The third-order valence-corrected chi connectivity index (χ3v) is 9.63. The molecule has 37 heavy (non-hydrogen) atoms. The Bertz CT molecular complexity index is 1580. The Kier molecular flexibility index (Phi) is 6.35. The van der Waals surface area contributed by atoms with Crippen molar-refractivity contribution in [3.8, 4) is 10.4 Å². The van der Waals surface area contributed by atoms with E-state index in [2.05, 4.69) is 25.1 Å². The second-order valence-electron chi connectivity index (χ2n) is 9.15. The van der Waals surface area contributed by atoms with Crippen LogP contribution in [0.15, 0.2) is 49.1 Å². The van der Waals surface area contributed by atoms with E-state index < -0.39 is 16.1 Å². The van der Waals surface area contributed by atoms with Gasteiger partial charge in [0, 0.05) is 41.7 Å². The average molecular weight is 559 g/mol. The smallest absolute Gasteiger partial charge is 0.280 e. The second-order valence-corrected chi connectivity index (χ2v) is 12.6. The molecule has 1 saturated carbocycles. The van der Waals surface area contributed by atoms with Crippen molar-refractivity contribution in [2.75, 3.05) is 17.9 Å². The number of amides is 1. The van der Waals surface area contributed by atoms with Gasteiger partial charge >= 0.3 is 0 Å². The van der Waals surface area contributed by atoms with E-state index in [9.17, 15) is 13.2 Å². The van der Waals surface area contributed by atoms with Crippen LogP contribution in [0.1, 0.15) is 40.8 Å². The third-order valence-electron chi connectivity index (χ3n) is 6.49. The van der Waals surface area contributed by atoms with Crippen LogP contribution in [0, 0.1) is 5.92 Å². The predicted molar refractivity (Wildman–Crippen MR) is 140 cm³/mol. The maximum Gasteiger partial charge on any atom is 0.280 e. The van der Waals surface area contributed by atoms with Gasteiger partial charge in [0.15, 0.2) is 5.01 Å². The van der Waals surface area contributed by atoms with Gasteiger partial charge in [0.2, 0.25) is 10.0 Å². The van der Waals surface area contributed by atoms with Gasteiger partial charge in [0.05, 0.1) is 45.9 Å². The van der Waals surface area contributed by atoms with Crippen LogP contribution in [0.4, 0.5) is 5.69 Å². The maximum atomic E-state index is 13.3. The Labute approximate surface area is 222 Å². The molecule has 0 bridgehead atoms. The molecule has 0 unspecified atom stereocenters. The molecule has 10 nitrogen and oxygen atoms in total. The molecule has 0 spiro atoms. The van der Waals surface area contributed by atoms with Gasteiger partial charge in [0.25, 0.3) is 5.91 Å². The molecule has 4 aromatic rings. The number of rotatable bonds is 8. The van der Waals surface area contributed by atoms with Crippen LogP contribution in [-0.4, -0.2) is 52.4 Å².